The molecule has 4 atom stereocenters. The Labute approximate surface area is 243 Å². The Balaban J connectivity index is 1.56. The molecular weight excluding hydrogens is 620 g/mol. The van der Waals surface area contributed by atoms with Crippen molar-refractivity contribution in [3.63, 3.8) is 0 Å². The average Bonchev–Trinajstić information content (AvgIpc) is 3.08. The van der Waals surface area contributed by atoms with Crippen molar-refractivity contribution < 1.29 is 53.4 Å². The zero-order valence-corrected chi connectivity index (χ0v) is 22.6. The number of hydrogen-bond donors (Lipinski definition) is 0. The van der Waals surface area contributed by atoms with Crippen molar-refractivity contribution in [2.24, 2.45) is 5.92 Å². The van der Waals surface area contributed by atoms with Gasteiger partial charge in [0, 0.05) is 22.1 Å². The lowest BCUT2D eigenvalue weighted by molar-refractivity contribution is -0.137. The van der Waals surface area contributed by atoms with E-state index in [0.29, 0.717) is 12.5 Å². The highest BCUT2D eigenvalue weighted by atomic mass is 35.5. The van der Waals surface area contributed by atoms with E-state index < -0.39 is 84.1 Å². The van der Waals surface area contributed by atoms with Gasteiger partial charge in [0.15, 0.2) is 0 Å². The maximum Gasteiger partial charge on any atom is 0.416 e. The summed E-state index contributed by atoms with van der Waals surface area (Å²) in [5.41, 5.74) is -4.17. The number of piperidine rings is 1. The number of alkyl halides is 9. The van der Waals surface area contributed by atoms with E-state index in [1.54, 1.807) is 0 Å². The number of carbonyl (C=O) groups is 1. The SMILES string of the molecule is O=C1O[C@H](C2C=C(C(F)(F)F)C=C(C(F)(F)F)CC2)[C@@H]2CCC[C@@H](c3cc(C(F)(F)F)ccc3-c3cc(Cl)ccc3F)N12. The second-order valence-corrected chi connectivity index (χ2v) is 11.1. The van der Waals surface area contributed by atoms with Gasteiger partial charge in [0.2, 0.25) is 0 Å². The van der Waals surface area contributed by atoms with Crippen LogP contribution >= 0.6 is 11.6 Å². The molecule has 2 aromatic rings. The van der Waals surface area contributed by atoms with Gasteiger partial charge < -0.3 is 4.74 Å². The fourth-order valence-electron chi connectivity index (χ4n) is 6.12. The molecule has 0 saturated carbocycles. The third kappa shape index (κ3) is 6.23. The molecule has 232 valence electrons. The molecule has 1 amide bonds. The zero-order valence-electron chi connectivity index (χ0n) is 21.9. The van der Waals surface area contributed by atoms with E-state index in [4.69, 9.17) is 16.3 Å². The minimum Gasteiger partial charge on any atom is -0.443 e. The molecule has 0 spiro atoms. The summed E-state index contributed by atoms with van der Waals surface area (Å²) >= 11 is 6.03. The van der Waals surface area contributed by atoms with Crippen LogP contribution in [-0.2, 0) is 10.9 Å². The van der Waals surface area contributed by atoms with Crippen LogP contribution in [0.5, 0.6) is 0 Å². The average molecular weight is 642 g/mol. The fraction of sp³-hybridized carbons (Fsp3) is 0.414. The Kier molecular flexibility index (Phi) is 8.02. The highest BCUT2D eigenvalue weighted by molar-refractivity contribution is 6.30. The number of halogens is 11. The van der Waals surface area contributed by atoms with Crippen molar-refractivity contribution in [1.29, 1.82) is 0 Å². The molecule has 43 heavy (non-hydrogen) atoms. The zero-order chi connectivity index (χ0) is 31.5. The van der Waals surface area contributed by atoms with Crippen molar-refractivity contribution >= 4 is 17.7 Å². The number of hydrogen-bond acceptors (Lipinski definition) is 2. The predicted molar refractivity (Wildman–Crippen MR) is 135 cm³/mol. The molecule has 3 nitrogen and oxygen atoms in total. The number of cyclic esters (lactones) is 1. The minimum absolute atomic E-state index is 0.0163. The lowest BCUT2D eigenvalue weighted by Gasteiger charge is -2.39. The highest BCUT2D eigenvalue weighted by Gasteiger charge is 2.52. The first kappa shape index (κ1) is 31.2. The van der Waals surface area contributed by atoms with Gasteiger partial charge in [-0.1, -0.05) is 23.7 Å². The molecule has 2 fully saturated rings. The van der Waals surface area contributed by atoms with Crippen LogP contribution in [-0.4, -0.2) is 35.5 Å². The molecular formula is C29H22ClF10NO2. The molecule has 2 saturated heterocycles. The van der Waals surface area contributed by atoms with E-state index in [-0.39, 0.29) is 40.6 Å². The Bertz CT molecular complexity index is 1480. The second-order valence-electron chi connectivity index (χ2n) is 10.7. The number of rotatable bonds is 3. The summed E-state index contributed by atoms with van der Waals surface area (Å²) in [6.07, 6.45) is -17.2. The first-order chi connectivity index (χ1) is 19.9. The quantitative estimate of drug-likeness (QED) is 0.312. The number of ether oxygens (including phenoxy) is 1. The molecule has 14 heteroatoms. The molecule has 3 aliphatic rings. The van der Waals surface area contributed by atoms with Gasteiger partial charge in [-0.15, -0.1) is 0 Å². The number of fused-ring (bicyclic) bond motifs is 1. The molecule has 1 unspecified atom stereocenters. The van der Waals surface area contributed by atoms with Crippen LogP contribution in [0.2, 0.25) is 5.02 Å². The predicted octanol–water partition coefficient (Wildman–Crippen LogP) is 9.97. The number of amides is 1. The summed E-state index contributed by atoms with van der Waals surface area (Å²) in [5, 5.41) is 0.0943. The molecule has 0 bridgehead atoms. The van der Waals surface area contributed by atoms with Crippen LogP contribution in [0.3, 0.4) is 0 Å². The molecule has 2 aromatic carbocycles. The number of nitrogens with zero attached hydrogens (tertiary/aromatic N) is 1. The van der Waals surface area contributed by atoms with Crippen LogP contribution in [0.1, 0.15) is 49.3 Å². The topological polar surface area (TPSA) is 29.5 Å². The molecule has 1 aliphatic carbocycles. The molecule has 2 heterocycles. The Hall–Kier alpha value is -3.22. The van der Waals surface area contributed by atoms with Gasteiger partial charge in [-0.3, -0.25) is 4.90 Å². The summed E-state index contributed by atoms with van der Waals surface area (Å²) in [4.78, 5) is 14.4. The number of carbonyl (C=O) groups excluding carboxylic acids is 1. The smallest absolute Gasteiger partial charge is 0.416 e. The van der Waals surface area contributed by atoms with Gasteiger partial charge >= 0.3 is 24.6 Å². The molecule has 0 aromatic heterocycles. The third-order valence-corrected chi connectivity index (χ3v) is 8.27. The van der Waals surface area contributed by atoms with Crippen molar-refractivity contribution in [3.05, 3.63) is 81.7 Å². The summed E-state index contributed by atoms with van der Waals surface area (Å²) in [6, 6.07) is 4.04. The van der Waals surface area contributed by atoms with Crippen LogP contribution in [0.25, 0.3) is 11.1 Å². The van der Waals surface area contributed by atoms with Crippen molar-refractivity contribution in [2.45, 2.75) is 68.8 Å². The monoisotopic (exact) mass is 641 g/mol. The van der Waals surface area contributed by atoms with Crippen LogP contribution < -0.4 is 0 Å². The standard InChI is InChI=1S/C29H22ClF10NO2/c30-18-7-9-22(31)20(13-18)19-8-6-16(28(35,36)37)12-21(19)23-2-1-3-24-25(43-26(42)41(23)24)14-4-5-15(27(32,33)34)11-17(10-14)29(38,39)40/h6-14,23-25H,1-5H2/t14?,23-,24-,25+/m0/s1. The van der Waals surface area contributed by atoms with Gasteiger partial charge in [0.25, 0.3) is 0 Å². The summed E-state index contributed by atoms with van der Waals surface area (Å²) in [6.45, 7) is 0. The van der Waals surface area contributed by atoms with Crippen molar-refractivity contribution in [3.8, 4) is 11.1 Å². The largest absolute Gasteiger partial charge is 0.443 e. The lowest BCUT2D eigenvalue weighted by Crippen LogP contribution is -2.44. The Morgan fingerprint density at radius 1 is 0.837 bits per heavy atom. The first-order valence-corrected chi connectivity index (χ1v) is 13.5. The molecule has 5 rings (SSSR count). The van der Waals surface area contributed by atoms with E-state index in [1.807, 2.05) is 0 Å². The lowest BCUT2D eigenvalue weighted by atomic mass is 9.82. The van der Waals surface area contributed by atoms with E-state index >= 15 is 0 Å². The molecule has 2 aliphatic heterocycles. The van der Waals surface area contributed by atoms with E-state index in [9.17, 15) is 48.7 Å². The van der Waals surface area contributed by atoms with E-state index in [0.717, 1.165) is 29.2 Å². The van der Waals surface area contributed by atoms with Gasteiger partial charge in [-0.25, -0.2) is 9.18 Å². The third-order valence-electron chi connectivity index (χ3n) is 8.04. The van der Waals surface area contributed by atoms with Gasteiger partial charge in [-0.05, 0) is 79.6 Å². The fourth-order valence-corrected chi connectivity index (χ4v) is 6.29. The highest BCUT2D eigenvalue weighted by Crippen LogP contribution is 2.48. The number of benzene rings is 2. The normalized spacial score (nSPS) is 25.1. The maximum absolute atomic E-state index is 14.9. The summed E-state index contributed by atoms with van der Waals surface area (Å²) in [7, 11) is 0. The van der Waals surface area contributed by atoms with Gasteiger partial charge in [-0.2, -0.15) is 39.5 Å². The maximum atomic E-state index is 14.9. The summed E-state index contributed by atoms with van der Waals surface area (Å²) < 4.78 is 143. The van der Waals surface area contributed by atoms with E-state index in [1.165, 1.54) is 12.1 Å². The molecule has 0 radical (unpaired) electrons. The first-order valence-electron chi connectivity index (χ1n) is 13.2. The minimum atomic E-state index is -5.12. The molecule has 0 N–H and O–H groups in total. The summed E-state index contributed by atoms with van der Waals surface area (Å²) in [5.74, 6) is -2.06. The van der Waals surface area contributed by atoms with Crippen LogP contribution in [0.15, 0.2) is 59.7 Å². The van der Waals surface area contributed by atoms with Gasteiger partial charge in [0.1, 0.15) is 11.9 Å². The second kappa shape index (κ2) is 11.0. The van der Waals surface area contributed by atoms with Gasteiger partial charge in [0.05, 0.1) is 23.2 Å². The number of allylic oxidation sites excluding steroid dienone is 3. The Morgan fingerprint density at radius 3 is 2.21 bits per heavy atom. The van der Waals surface area contributed by atoms with Crippen LogP contribution in [0.4, 0.5) is 48.7 Å². The van der Waals surface area contributed by atoms with Crippen molar-refractivity contribution in [1.82, 2.24) is 4.90 Å². The Morgan fingerprint density at radius 2 is 1.56 bits per heavy atom. The van der Waals surface area contributed by atoms with Crippen molar-refractivity contribution in [2.75, 3.05) is 0 Å². The van der Waals surface area contributed by atoms with Crippen LogP contribution in [0, 0.1) is 11.7 Å². The van der Waals surface area contributed by atoms with E-state index in [2.05, 4.69) is 0 Å².